The van der Waals surface area contributed by atoms with Gasteiger partial charge in [-0.15, -0.1) is 0 Å². The van der Waals surface area contributed by atoms with Crippen LogP contribution in [0.1, 0.15) is 29.5 Å². The first-order chi connectivity index (χ1) is 10.5. The predicted octanol–water partition coefficient (Wildman–Crippen LogP) is 2.36. The molecule has 22 heavy (non-hydrogen) atoms. The molecule has 1 heterocycles. The zero-order valence-electron chi connectivity index (χ0n) is 12.2. The lowest BCUT2D eigenvalue weighted by Gasteiger charge is -2.12. The van der Waals surface area contributed by atoms with Crippen LogP contribution in [0.15, 0.2) is 47.1 Å². The van der Waals surface area contributed by atoms with Crippen molar-refractivity contribution in [3.05, 3.63) is 54.0 Å². The second kappa shape index (κ2) is 7.13. The minimum Gasteiger partial charge on any atom is -0.467 e. The highest BCUT2D eigenvalue weighted by molar-refractivity contribution is 7.92. The quantitative estimate of drug-likeness (QED) is 0.819. The molecule has 7 heteroatoms. The highest BCUT2D eigenvalue weighted by Gasteiger charge is 2.15. The van der Waals surface area contributed by atoms with Crippen molar-refractivity contribution in [3.63, 3.8) is 0 Å². The summed E-state index contributed by atoms with van der Waals surface area (Å²) in [6, 6.07) is 9.97. The van der Waals surface area contributed by atoms with E-state index in [1.165, 1.54) is 6.26 Å². The summed E-state index contributed by atoms with van der Waals surface area (Å²) in [5.41, 5.74) is 0.543. The van der Waals surface area contributed by atoms with E-state index in [4.69, 9.17) is 4.42 Å². The van der Waals surface area contributed by atoms with Gasteiger partial charge in [0.1, 0.15) is 5.76 Å². The molecule has 1 aromatic heterocycles. The van der Waals surface area contributed by atoms with Gasteiger partial charge in [-0.25, -0.2) is 8.42 Å². The van der Waals surface area contributed by atoms with Crippen molar-refractivity contribution in [1.82, 2.24) is 5.32 Å². The summed E-state index contributed by atoms with van der Waals surface area (Å²) in [6.07, 6.45) is 2.02. The summed E-state index contributed by atoms with van der Waals surface area (Å²) in [5, 5.41) is 2.69. The molecule has 0 bridgehead atoms. The molecule has 2 rings (SSSR count). The van der Waals surface area contributed by atoms with Gasteiger partial charge in [0, 0.05) is 0 Å². The van der Waals surface area contributed by atoms with Crippen LogP contribution in [0.25, 0.3) is 0 Å². The van der Waals surface area contributed by atoms with Gasteiger partial charge in [0.05, 0.1) is 29.8 Å². The van der Waals surface area contributed by atoms with Crippen molar-refractivity contribution in [2.24, 2.45) is 0 Å². The number of benzene rings is 1. The Bertz CT molecular complexity index is 724. The van der Waals surface area contributed by atoms with Gasteiger partial charge < -0.3 is 9.73 Å². The van der Waals surface area contributed by atoms with Crippen LogP contribution in [0, 0.1) is 0 Å². The molecule has 2 aromatic rings. The summed E-state index contributed by atoms with van der Waals surface area (Å²) in [5.74, 6) is 0.263. The molecule has 0 aliphatic rings. The smallest absolute Gasteiger partial charge is 0.253 e. The zero-order valence-corrected chi connectivity index (χ0v) is 13.0. The van der Waals surface area contributed by atoms with E-state index < -0.39 is 10.0 Å². The van der Waals surface area contributed by atoms with E-state index in [0.717, 1.165) is 0 Å². The molecule has 2 N–H and O–H groups in total. The average Bonchev–Trinajstić information content (AvgIpc) is 2.98. The Morgan fingerprint density at radius 3 is 2.64 bits per heavy atom. The lowest BCUT2D eigenvalue weighted by molar-refractivity contribution is 0.0949. The van der Waals surface area contributed by atoms with Crippen LogP contribution in [-0.4, -0.2) is 20.1 Å². The van der Waals surface area contributed by atoms with E-state index in [1.807, 2.05) is 0 Å². The van der Waals surface area contributed by atoms with E-state index in [9.17, 15) is 13.2 Å². The highest BCUT2D eigenvalue weighted by Crippen LogP contribution is 2.17. The van der Waals surface area contributed by atoms with Crippen molar-refractivity contribution in [2.45, 2.75) is 19.9 Å². The largest absolute Gasteiger partial charge is 0.467 e. The Hall–Kier alpha value is -2.28. The van der Waals surface area contributed by atoms with Crippen LogP contribution in [-0.2, 0) is 16.6 Å². The molecule has 6 nitrogen and oxygen atoms in total. The molecular formula is C15H18N2O4S. The third-order valence-electron chi connectivity index (χ3n) is 2.91. The Morgan fingerprint density at radius 2 is 1.95 bits per heavy atom. The Kier molecular flexibility index (Phi) is 5.21. The first-order valence-electron chi connectivity index (χ1n) is 6.92. The maximum Gasteiger partial charge on any atom is 0.253 e. The van der Waals surface area contributed by atoms with Crippen molar-refractivity contribution in [2.75, 3.05) is 10.5 Å². The van der Waals surface area contributed by atoms with Crippen molar-refractivity contribution < 1.29 is 17.6 Å². The van der Waals surface area contributed by atoms with Crippen molar-refractivity contribution in [3.8, 4) is 0 Å². The molecule has 0 aliphatic carbocycles. The summed E-state index contributed by atoms with van der Waals surface area (Å²) in [6.45, 7) is 2.02. The minimum atomic E-state index is -3.45. The van der Waals surface area contributed by atoms with Crippen LogP contribution >= 0.6 is 0 Å². The standard InChI is InChI=1S/C15H18N2O4S/c1-2-10-22(19,20)17-14-8-4-3-7-13(14)15(18)16-11-12-6-5-9-21-12/h3-9,17H,2,10-11H2,1H3,(H,16,18). The highest BCUT2D eigenvalue weighted by atomic mass is 32.2. The lowest BCUT2D eigenvalue weighted by atomic mass is 10.1. The molecule has 118 valence electrons. The predicted molar refractivity (Wildman–Crippen MR) is 84.0 cm³/mol. The Balaban J connectivity index is 2.12. The fraction of sp³-hybridized carbons (Fsp3) is 0.267. The number of para-hydroxylation sites is 1. The molecule has 0 unspecified atom stereocenters. The molecule has 0 radical (unpaired) electrons. The van der Waals surface area contributed by atoms with Gasteiger partial charge in [-0.05, 0) is 30.7 Å². The van der Waals surface area contributed by atoms with E-state index in [0.29, 0.717) is 12.2 Å². The number of furan rings is 1. The van der Waals surface area contributed by atoms with Crippen molar-refractivity contribution in [1.29, 1.82) is 0 Å². The number of rotatable bonds is 7. The number of anilines is 1. The average molecular weight is 322 g/mol. The Labute approximate surface area is 129 Å². The molecule has 0 saturated carbocycles. The number of carbonyl (C=O) groups is 1. The van der Waals surface area contributed by atoms with Crippen LogP contribution in [0.4, 0.5) is 5.69 Å². The number of hydrogen-bond acceptors (Lipinski definition) is 4. The summed E-state index contributed by atoms with van der Waals surface area (Å²) >= 11 is 0. The molecule has 0 fully saturated rings. The van der Waals surface area contributed by atoms with Gasteiger partial charge in [-0.2, -0.15) is 0 Å². The monoisotopic (exact) mass is 322 g/mol. The van der Waals surface area contributed by atoms with E-state index in [1.54, 1.807) is 43.3 Å². The third-order valence-corrected chi connectivity index (χ3v) is 4.39. The first kappa shape index (κ1) is 16.1. The Morgan fingerprint density at radius 1 is 1.18 bits per heavy atom. The second-order valence-electron chi connectivity index (χ2n) is 4.73. The normalized spacial score (nSPS) is 11.1. The maximum atomic E-state index is 12.2. The number of sulfonamides is 1. The minimum absolute atomic E-state index is 0.00927. The van der Waals surface area contributed by atoms with Gasteiger partial charge in [-0.3, -0.25) is 9.52 Å². The van der Waals surface area contributed by atoms with Crippen LogP contribution in [0.3, 0.4) is 0 Å². The molecule has 0 spiro atoms. The third kappa shape index (κ3) is 4.36. The molecular weight excluding hydrogens is 304 g/mol. The van der Waals surface area contributed by atoms with Gasteiger partial charge in [0.2, 0.25) is 10.0 Å². The van der Waals surface area contributed by atoms with E-state index in [-0.39, 0.29) is 29.5 Å². The van der Waals surface area contributed by atoms with Crippen LogP contribution in [0.2, 0.25) is 0 Å². The first-order valence-corrected chi connectivity index (χ1v) is 8.57. The molecule has 0 saturated heterocycles. The van der Waals surface area contributed by atoms with Gasteiger partial charge in [0.25, 0.3) is 5.91 Å². The molecule has 1 amide bonds. The van der Waals surface area contributed by atoms with E-state index >= 15 is 0 Å². The van der Waals surface area contributed by atoms with Gasteiger partial charge >= 0.3 is 0 Å². The zero-order chi connectivity index (χ0) is 16.0. The summed E-state index contributed by atoms with van der Waals surface area (Å²) in [4.78, 5) is 12.2. The van der Waals surface area contributed by atoms with E-state index in [2.05, 4.69) is 10.0 Å². The van der Waals surface area contributed by atoms with Crippen molar-refractivity contribution >= 4 is 21.6 Å². The summed E-state index contributed by atoms with van der Waals surface area (Å²) in [7, 11) is -3.45. The number of hydrogen-bond donors (Lipinski definition) is 2. The van der Waals surface area contributed by atoms with Gasteiger partial charge in [-0.1, -0.05) is 19.1 Å². The van der Waals surface area contributed by atoms with Gasteiger partial charge in [0.15, 0.2) is 0 Å². The number of carbonyl (C=O) groups excluding carboxylic acids is 1. The van der Waals surface area contributed by atoms with Crippen LogP contribution < -0.4 is 10.0 Å². The SMILES string of the molecule is CCCS(=O)(=O)Nc1ccccc1C(=O)NCc1ccco1. The fourth-order valence-electron chi connectivity index (χ4n) is 1.93. The van der Waals surface area contributed by atoms with Crippen LogP contribution in [0.5, 0.6) is 0 Å². The maximum absolute atomic E-state index is 12.2. The molecule has 0 aliphatic heterocycles. The number of nitrogens with one attached hydrogen (secondary N) is 2. The molecule has 1 aromatic carbocycles. The lowest BCUT2D eigenvalue weighted by Crippen LogP contribution is -2.25. The fourth-order valence-corrected chi connectivity index (χ4v) is 3.09. The second-order valence-corrected chi connectivity index (χ2v) is 6.57. The molecule has 0 atom stereocenters. The topological polar surface area (TPSA) is 88.4 Å². The number of amides is 1. The summed E-state index contributed by atoms with van der Waals surface area (Å²) < 4.78 is 31.3.